The van der Waals surface area contributed by atoms with E-state index in [4.69, 9.17) is 4.74 Å². The van der Waals surface area contributed by atoms with Crippen molar-refractivity contribution in [3.63, 3.8) is 0 Å². The summed E-state index contributed by atoms with van der Waals surface area (Å²) >= 11 is 0. The number of fused-ring (bicyclic) bond motifs is 1. The quantitative estimate of drug-likeness (QED) is 0.521. The molecule has 8 nitrogen and oxygen atoms in total. The first-order chi connectivity index (χ1) is 16.9. The Labute approximate surface area is 203 Å². The van der Waals surface area contributed by atoms with E-state index in [1.807, 2.05) is 54.1 Å². The van der Waals surface area contributed by atoms with Crippen LogP contribution in [0.5, 0.6) is 5.75 Å². The Kier molecular flexibility index (Phi) is 6.00. The van der Waals surface area contributed by atoms with E-state index in [1.54, 1.807) is 7.05 Å². The number of aromatic nitrogens is 3. The van der Waals surface area contributed by atoms with Crippen molar-refractivity contribution in [2.75, 3.05) is 25.0 Å². The lowest BCUT2D eigenvalue weighted by molar-refractivity contribution is -0.138. The zero-order valence-electron chi connectivity index (χ0n) is 20.0. The van der Waals surface area contributed by atoms with Crippen LogP contribution < -0.4 is 15.2 Å². The van der Waals surface area contributed by atoms with Crippen LogP contribution >= 0.6 is 0 Å². The van der Waals surface area contributed by atoms with Gasteiger partial charge in [0.2, 0.25) is 5.95 Å². The van der Waals surface area contributed by atoms with Gasteiger partial charge in [-0.25, -0.2) is 9.37 Å². The van der Waals surface area contributed by atoms with Crippen molar-refractivity contribution in [1.82, 2.24) is 19.4 Å². The second-order valence-corrected chi connectivity index (χ2v) is 9.19. The number of carbonyl (C=O) groups excluding carboxylic acids is 1. The average molecular weight is 478 g/mol. The summed E-state index contributed by atoms with van der Waals surface area (Å²) in [6, 6.07) is 12.4. The van der Waals surface area contributed by atoms with Gasteiger partial charge in [-0.2, -0.15) is 0 Å². The number of anilines is 1. The van der Waals surface area contributed by atoms with Crippen molar-refractivity contribution < 1.29 is 13.9 Å². The number of ether oxygens (including phenoxy) is 1. The lowest BCUT2D eigenvalue weighted by Gasteiger charge is -2.28. The van der Waals surface area contributed by atoms with Gasteiger partial charge in [0, 0.05) is 62.9 Å². The third-order valence-electron chi connectivity index (χ3n) is 7.05. The predicted octanol–water partition coefficient (Wildman–Crippen LogP) is 2.73. The number of para-hydroxylation sites is 1. The largest absolute Gasteiger partial charge is 0.481 e. The molecule has 1 saturated heterocycles. The average Bonchev–Trinajstić information content (AvgIpc) is 3.36. The molecule has 4 atom stereocenters. The van der Waals surface area contributed by atoms with Crippen LogP contribution in [0.15, 0.2) is 59.7 Å². The number of hydrogen-bond donors (Lipinski definition) is 0. The van der Waals surface area contributed by atoms with Gasteiger partial charge in [-0.1, -0.05) is 25.1 Å². The van der Waals surface area contributed by atoms with Crippen LogP contribution in [0, 0.1) is 17.7 Å². The van der Waals surface area contributed by atoms with E-state index >= 15 is 0 Å². The number of piperidine rings is 1. The number of likely N-dealkylation sites (tertiary alicyclic amines) is 1. The summed E-state index contributed by atoms with van der Waals surface area (Å²) < 4.78 is 21.7. The molecule has 0 unspecified atom stereocenters. The lowest BCUT2D eigenvalue weighted by atomic mass is 10.2. The molecule has 0 spiro atoms. The molecule has 0 radical (unpaired) electrons. The van der Waals surface area contributed by atoms with E-state index in [2.05, 4.69) is 9.97 Å². The molecule has 35 heavy (non-hydrogen) atoms. The minimum absolute atomic E-state index is 0.00522. The molecule has 9 heteroatoms. The van der Waals surface area contributed by atoms with Crippen molar-refractivity contribution in [2.24, 2.45) is 18.9 Å². The topological polar surface area (TPSA) is 80.6 Å². The molecule has 3 heterocycles. The number of pyridine rings is 1. The van der Waals surface area contributed by atoms with Crippen LogP contribution in [0.4, 0.5) is 10.3 Å². The summed E-state index contributed by atoms with van der Waals surface area (Å²) in [5.74, 6) is 1.22. The summed E-state index contributed by atoms with van der Waals surface area (Å²) in [7, 11) is 3.56. The number of nitrogens with zero attached hydrogens (tertiary/aromatic N) is 5. The van der Waals surface area contributed by atoms with Crippen molar-refractivity contribution in [2.45, 2.75) is 25.5 Å². The molecule has 1 aliphatic carbocycles. The molecule has 0 bridgehead atoms. The van der Waals surface area contributed by atoms with E-state index in [9.17, 15) is 14.0 Å². The van der Waals surface area contributed by atoms with Crippen LogP contribution in [-0.4, -0.2) is 57.6 Å². The van der Waals surface area contributed by atoms with Crippen molar-refractivity contribution in [3.05, 3.63) is 71.0 Å². The molecule has 1 saturated carbocycles. The Bertz CT molecular complexity index is 1290. The zero-order valence-corrected chi connectivity index (χ0v) is 20.0. The van der Waals surface area contributed by atoms with Gasteiger partial charge in [-0.05, 0) is 24.6 Å². The maximum absolute atomic E-state index is 14.3. The van der Waals surface area contributed by atoms with Crippen LogP contribution in [0.1, 0.15) is 13.3 Å². The van der Waals surface area contributed by atoms with Crippen LogP contribution in [0.3, 0.4) is 0 Å². The van der Waals surface area contributed by atoms with Gasteiger partial charge in [-0.3, -0.25) is 19.1 Å². The molecular weight excluding hydrogens is 449 g/mol. The second kappa shape index (κ2) is 9.13. The van der Waals surface area contributed by atoms with E-state index in [-0.39, 0.29) is 40.6 Å². The third kappa shape index (κ3) is 4.26. The minimum atomic E-state index is -0.525. The Balaban J connectivity index is 1.29. The Morgan fingerprint density at radius 1 is 1.23 bits per heavy atom. The van der Waals surface area contributed by atoms with Gasteiger partial charge < -0.3 is 14.5 Å². The van der Waals surface area contributed by atoms with E-state index in [0.29, 0.717) is 31.2 Å². The van der Waals surface area contributed by atoms with Gasteiger partial charge in [0.05, 0.1) is 11.9 Å². The van der Waals surface area contributed by atoms with Crippen molar-refractivity contribution >= 4 is 11.9 Å². The molecule has 1 aliphatic heterocycles. The summed E-state index contributed by atoms with van der Waals surface area (Å²) in [5, 5.41) is 0. The molecule has 0 N–H and O–H groups in total. The number of hydrogen-bond acceptors (Lipinski definition) is 6. The highest BCUT2D eigenvalue weighted by molar-refractivity contribution is 5.82. The molecule has 1 aromatic carbocycles. The first-order valence-corrected chi connectivity index (χ1v) is 11.8. The molecular formula is C26H28FN5O3. The highest BCUT2D eigenvalue weighted by atomic mass is 19.1. The normalized spacial score (nSPS) is 21.4. The zero-order chi connectivity index (χ0) is 24.7. The summed E-state index contributed by atoms with van der Waals surface area (Å²) in [6.45, 7) is 3.23. The fourth-order valence-corrected chi connectivity index (χ4v) is 5.12. The van der Waals surface area contributed by atoms with Gasteiger partial charge in [0.1, 0.15) is 5.75 Å². The van der Waals surface area contributed by atoms with Gasteiger partial charge >= 0.3 is 0 Å². The molecule has 1 amide bonds. The van der Waals surface area contributed by atoms with E-state index < -0.39 is 11.9 Å². The Morgan fingerprint density at radius 3 is 2.60 bits per heavy atom. The number of rotatable bonds is 7. The maximum Gasteiger partial charge on any atom is 0.263 e. The molecule has 3 aromatic rings. The summed E-state index contributed by atoms with van der Waals surface area (Å²) in [6.07, 6.45) is 2.66. The smallest absolute Gasteiger partial charge is 0.263 e. The number of carbonyl (C=O) groups is 1. The van der Waals surface area contributed by atoms with Gasteiger partial charge in [0.15, 0.2) is 11.9 Å². The lowest BCUT2D eigenvalue weighted by Crippen LogP contribution is -2.44. The Morgan fingerprint density at radius 2 is 1.94 bits per heavy atom. The second-order valence-electron chi connectivity index (χ2n) is 9.19. The monoisotopic (exact) mass is 477 g/mol. The van der Waals surface area contributed by atoms with E-state index in [1.165, 1.54) is 22.9 Å². The maximum atomic E-state index is 14.3. The predicted molar refractivity (Wildman–Crippen MR) is 130 cm³/mol. The number of halogens is 1. The third-order valence-corrected chi connectivity index (χ3v) is 7.05. The fourth-order valence-electron chi connectivity index (χ4n) is 5.12. The van der Waals surface area contributed by atoms with Crippen LogP contribution in [-0.2, 0) is 11.8 Å². The summed E-state index contributed by atoms with van der Waals surface area (Å²) in [4.78, 5) is 38.0. The first-order valence-electron chi connectivity index (χ1n) is 11.8. The molecule has 2 fully saturated rings. The SMILES string of the molecule is CC[C@@H](Oc1ccccc1)C(=O)N1C[C@@H]2[C@H](C1)[C@H]2N(C)c1nc(-c2ccncc2F)cc(=O)n1C. The van der Waals surface area contributed by atoms with Crippen molar-refractivity contribution in [3.8, 4) is 17.0 Å². The van der Waals surface area contributed by atoms with Gasteiger partial charge in [0.25, 0.3) is 11.5 Å². The number of amides is 1. The molecule has 5 rings (SSSR count). The van der Waals surface area contributed by atoms with E-state index in [0.717, 1.165) is 6.20 Å². The molecule has 182 valence electrons. The number of benzene rings is 1. The van der Waals surface area contributed by atoms with Gasteiger partial charge in [-0.15, -0.1) is 0 Å². The Hall–Kier alpha value is -3.75. The fraction of sp³-hybridized carbons (Fsp3) is 0.385. The summed E-state index contributed by atoms with van der Waals surface area (Å²) in [5.41, 5.74) is 0.255. The van der Waals surface area contributed by atoms with Crippen LogP contribution in [0.2, 0.25) is 0 Å². The molecule has 2 aliphatic rings. The molecule has 2 aromatic heterocycles. The first kappa shape index (κ1) is 23.0. The van der Waals surface area contributed by atoms with Crippen LogP contribution in [0.25, 0.3) is 11.3 Å². The minimum Gasteiger partial charge on any atom is -0.481 e. The highest BCUT2D eigenvalue weighted by Gasteiger charge is 2.59. The standard InChI is InChI=1S/C26H28FN5O3/c1-4-22(35-16-8-6-5-7-9-16)25(34)32-14-18-19(15-32)24(18)31(3)26-29-21(12-23(33)30(26)2)17-10-11-28-13-20(17)27/h5-13,18-19,22,24H,4,14-15H2,1-3H3/t18-,19+,22-,24+/m1/s1. The highest BCUT2D eigenvalue weighted by Crippen LogP contribution is 2.49. The van der Waals surface area contributed by atoms with Crippen molar-refractivity contribution in [1.29, 1.82) is 0 Å².